The minimum atomic E-state index is -0.294. The molecule has 0 aliphatic heterocycles. The molecule has 62 heavy (non-hydrogen) atoms. The molecule has 0 radical (unpaired) electrons. The summed E-state index contributed by atoms with van der Waals surface area (Å²) in [6.07, 6.45) is 1.82. The van der Waals surface area contributed by atoms with Crippen LogP contribution in [0.5, 0.6) is 0 Å². The van der Waals surface area contributed by atoms with E-state index in [4.69, 9.17) is 5.73 Å². The van der Waals surface area contributed by atoms with Crippen LogP contribution >= 0.6 is 0 Å². The molecule has 0 saturated heterocycles. The molecule has 9 rings (SSSR count). The van der Waals surface area contributed by atoms with Gasteiger partial charge in [-0.15, -0.1) is 0 Å². The topological polar surface area (TPSA) is 32.5 Å². The van der Waals surface area contributed by atoms with Crippen molar-refractivity contribution in [2.24, 2.45) is 5.73 Å². The molecule has 3 heteroatoms. The van der Waals surface area contributed by atoms with E-state index in [9.17, 15) is 0 Å². The molecule has 0 atom stereocenters. The summed E-state index contributed by atoms with van der Waals surface area (Å²) in [5.41, 5.74) is 23.6. The first-order valence-corrected chi connectivity index (χ1v) is 21.7. The highest BCUT2D eigenvalue weighted by molar-refractivity contribution is 5.90. The van der Waals surface area contributed by atoms with E-state index in [2.05, 4.69) is 260 Å². The normalized spacial score (nSPS) is 11.3. The molecule has 3 nitrogen and oxygen atoms in total. The first kappa shape index (κ1) is 40.0. The van der Waals surface area contributed by atoms with Crippen LogP contribution in [0.15, 0.2) is 237 Å². The summed E-state index contributed by atoms with van der Waals surface area (Å²) in [5.74, 6) is 0. The lowest BCUT2D eigenvalue weighted by Gasteiger charge is -2.27. The lowest BCUT2D eigenvalue weighted by Crippen LogP contribution is -2.34. The van der Waals surface area contributed by atoms with Crippen LogP contribution in [0, 0.1) is 0 Å². The van der Waals surface area contributed by atoms with Gasteiger partial charge in [-0.3, -0.25) is 0 Å². The van der Waals surface area contributed by atoms with Crippen molar-refractivity contribution in [2.75, 3.05) is 9.80 Å². The SMILES string of the molecule is CCC(N)(CC)c1ccc(-c2ccc(-c3ccc(N(c4ccccc4)c4ccccc4)cc3-c3ccc(-c4ccc(N(c5ccccc5)c5ccccc5)cc4)cc3)cc2)cc1. The van der Waals surface area contributed by atoms with Gasteiger partial charge in [0.1, 0.15) is 0 Å². The van der Waals surface area contributed by atoms with Crippen molar-refractivity contribution in [3.63, 3.8) is 0 Å². The van der Waals surface area contributed by atoms with Gasteiger partial charge in [0, 0.05) is 39.7 Å². The number of anilines is 6. The highest BCUT2D eigenvalue weighted by Crippen LogP contribution is 2.42. The lowest BCUT2D eigenvalue weighted by molar-refractivity contribution is 0.413. The van der Waals surface area contributed by atoms with Crippen molar-refractivity contribution in [2.45, 2.75) is 32.2 Å². The molecule has 9 aromatic carbocycles. The molecule has 0 unspecified atom stereocenters. The van der Waals surface area contributed by atoms with Crippen LogP contribution in [0.25, 0.3) is 44.5 Å². The standard InChI is InChI=1S/C59H51N3/c1-3-59(60,4-2)50-37-33-46(34-38-50)44-25-29-48(30-26-44)57-42-41-56(62(53-21-13-7-14-22-53)54-23-15-8-16-24-54)43-58(57)49-31-27-45(28-32-49)47-35-39-55(40-36-47)61(51-17-9-5-10-18-51)52-19-11-6-12-20-52/h5-43H,3-4,60H2,1-2H3. The molecule has 0 fully saturated rings. The van der Waals surface area contributed by atoms with Crippen LogP contribution in [-0.2, 0) is 5.54 Å². The maximum Gasteiger partial charge on any atom is 0.0468 e. The zero-order valence-corrected chi connectivity index (χ0v) is 35.4. The van der Waals surface area contributed by atoms with E-state index < -0.39 is 0 Å². The van der Waals surface area contributed by atoms with Gasteiger partial charge in [-0.05, 0) is 136 Å². The number of para-hydroxylation sites is 4. The third kappa shape index (κ3) is 8.32. The lowest BCUT2D eigenvalue weighted by atomic mass is 9.85. The van der Waals surface area contributed by atoms with E-state index in [1.165, 1.54) is 33.4 Å². The van der Waals surface area contributed by atoms with Gasteiger partial charge in [-0.2, -0.15) is 0 Å². The predicted molar refractivity (Wildman–Crippen MR) is 264 cm³/mol. The van der Waals surface area contributed by atoms with Gasteiger partial charge in [0.05, 0.1) is 0 Å². The average molecular weight is 802 g/mol. The zero-order chi connectivity index (χ0) is 42.3. The second-order valence-corrected chi connectivity index (χ2v) is 15.9. The Morgan fingerprint density at radius 3 is 0.984 bits per heavy atom. The number of nitrogens with zero attached hydrogens (tertiary/aromatic N) is 2. The molecule has 0 amide bonds. The molecular formula is C59H51N3. The van der Waals surface area contributed by atoms with E-state index in [1.54, 1.807) is 0 Å². The summed E-state index contributed by atoms with van der Waals surface area (Å²) in [7, 11) is 0. The maximum absolute atomic E-state index is 6.73. The van der Waals surface area contributed by atoms with E-state index in [1.807, 2.05) is 0 Å². The summed E-state index contributed by atoms with van der Waals surface area (Å²) in [5, 5.41) is 0. The summed E-state index contributed by atoms with van der Waals surface area (Å²) >= 11 is 0. The summed E-state index contributed by atoms with van der Waals surface area (Å²) < 4.78 is 0. The van der Waals surface area contributed by atoms with Gasteiger partial charge in [-0.1, -0.05) is 178 Å². The first-order valence-electron chi connectivity index (χ1n) is 21.7. The number of benzene rings is 9. The van der Waals surface area contributed by atoms with Crippen molar-refractivity contribution in [1.82, 2.24) is 0 Å². The Kier molecular flexibility index (Phi) is 11.6. The Morgan fingerprint density at radius 1 is 0.306 bits per heavy atom. The summed E-state index contributed by atoms with van der Waals surface area (Å²) in [4.78, 5) is 4.62. The molecule has 0 saturated carbocycles. The van der Waals surface area contributed by atoms with Crippen LogP contribution in [0.1, 0.15) is 32.3 Å². The molecule has 302 valence electrons. The Bertz CT molecular complexity index is 2740. The minimum absolute atomic E-state index is 0.294. The molecule has 2 N–H and O–H groups in total. The summed E-state index contributed by atoms with van der Waals surface area (Å²) in [6.45, 7) is 4.33. The third-order valence-electron chi connectivity index (χ3n) is 12.2. The van der Waals surface area contributed by atoms with E-state index in [0.717, 1.165) is 63.7 Å². The third-order valence-corrected chi connectivity index (χ3v) is 12.2. The van der Waals surface area contributed by atoms with Crippen molar-refractivity contribution >= 4 is 34.1 Å². The Balaban J connectivity index is 1.08. The van der Waals surface area contributed by atoms with Crippen LogP contribution in [0.3, 0.4) is 0 Å². The molecule has 9 aromatic rings. The Morgan fingerprint density at radius 2 is 0.597 bits per heavy atom. The molecule has 0 aliphatic carbocycles. The molecular weight excluding hydrogens is 751 g/mol. The van der Waals surface area contributed by atoms with Gasteiger partial charge >= 0.3 is 0 Å². The van der Waals surface area contributed by atoms with Crippen LogP contribution in [0.2, 0.25) is 0 Å². The van der Waals surface area contributed by atoms with E-state index >= 15 is 0 Å². The summed E-state index contributed by atoms with van der Waals surface area (Å²) in [6, 6.07) is 84.8. The van der Waals surface area contributed by atoms with Crippen molar-refractivity contribution in [1.29, 1.82) is 0 Å². The van der Waals surface area contributed by atoms with E-state index in [0.29, 0.717) is 0 Å². The van der Waals surface area contributed by atoms with Crippen molar-refractivity contribution in [3.8, 4) is 44.5 Å². The van der Waals surface area contributed by atoms with Crippen molar-refractivity contribution < 1.29 is 0 Å². The molecule has 0 aromatic heterocycles. The first-order chi connectivity index (χ1) is 30.5. The smallest absolute Gasteiger partial charge is 0.0468 e. The van der Waals surface area contributed by atoms with Crippen LogP contribution in [-0.4, -0.2) is 0 Å². The second kappa shape index (κ2) is 18.0. The molecule has 0 spiro atoms. The van der Waals surface area contributed by atoms with Gasteiger partial charge in [0.25, 0.3) is 0 Å². The van der Waals surface area contributed by atoms with Gasteiger partial charge in [-0.25, -0.2) is 0 Å². The quantitative estimate of drug-likeness (QED) is 0.126. The van der Waals surface area contributed by atoms with Crippen LogP contribution in [0.4, 0.5) is 34.1 Å². The predicted octanol–water partition coefficient (Wildman–Crippen LogP) is 16.3. The largest absolute Gasteiger partial charge is 0.321 e. The molecule has 0 bridgehead atoms. The van der Waals surface area contributed by atoms with Crippen molar-refractivity contribution in [3.05, 3.63) is 242 Å². The fourth-order valence-corrected chi connectivity index (χ4v) is 8.50. The number of rotatable bonds is 13. The number of hydrogen-bond acceptors (Lipinski definition) is 3. The Hall–Kier alpha value is -7.46. The maximum atomic E-state index is 6.73. The van der Waals surface area contributed by atoms with Gasteiger partial charge < -0.3 is 15.5 Å². The number of nitrogens with two attached hydrogens (primary N) is 1. The molecule has 0 aliphatic rings. The number of hydrogen-bond donors (Lipinski definition) is 1. The van der Waals surface area contributed by atoms with Gasteiger partial charge in [0.15, 0.2) is 0 Å². The van der Waals surface area contributed by atoms with E-state index in [-0.39, 0.29) is 5.54 Å². The zero-order valence-electron chi connectivity index (χ0n) is 35.4. The highest BCUT2D eigenvalue weighted by Gasteiger charge is 2.23. The minimum Gasteiger partial charge on any atom is -0.321 e. The monoisotopic (exact) mass is 801 g/mol. The van der Waals surface area contributed by atoms with Gasteiger partial charge in [0.2, 0.25) is 0 Å². The Labute approximate surface area is 367 Å². The molecule has 0 heterocycles. The second-order valence-electron chi connectivity index (χ2n) is 15.9. The fourth-order valence-electron chi connectivity index (χ4n) is 8.50. The highest BCUT2D eigenvalue weighted by atomic mass is 15.1. The fraction of sp³-hybridized carbons (Fsp3) is 0.0847. The van der Waals surface area contributed by atoms with Crippen LogP contribution < -0.4 is 15.5 Å². The average Bonchev–Trinajstić information content (AvgIpc) is 3.36.